The van der Waals surface area contributed by atoms with Crippen molar-refractivity contribution in [3.05, 3.63) is 24.0 Å². The number of hydrogen-bond acceptors (Lipinski definition) is 5. The van der Waals surface area contributed by atoms with Crippen LogP contribution in [0.3, 0.4) is 0 Å². The molecule has 1 N–H and O–H groups in total. The van der Waals surface area contributed by atoms with E-state index < -0.39 is 0 Å². The van der Waals surface area contributed by atoms with Crippen molar-refractivity contribution < 1.29 is 14.6 Å². The fraction of sp³-hybridized carbons (Fsp3) is 0.625. The molecule has 0 radical (unpaired) electrons. The van der Waals surface area contributed by atoms with Crippen LogP contribution in [-0.2, 0) is 4.74 Å². The third-order valence-electron chi connectivity index (χ3n) is 4.06. The maximum Gasteiger partial charge on any atom is 0.255 e. The minimum atomic E-state index is -0.0996. The lowest BCUT2D eigenvalue weighted by Gasteiger charge is -2.34. The molecular formula is C16H25N3O3. The number of carbonyl (C=O) groups is 1. The van der Waals surface area contributed by atoms with Crippen LogP contribution < -0.4 is 0 Å². The molecule has 1 amide bonds. The van der Waals surface area contributed by atoms with Gasteiger partial charge in [-0.05, 0) is 31.4 Å². The van der Waals surface area contributed by atoms with Gasteiger partial charge in [0.05, 0.1) is 18.4 Å². The van der Waals surface area contributed by atoms with Gasteiger partial charge in [-0.1, -0.05) is 0 Å². The van der Waals surface area contributed by atoms with Crippen molar-refractivity contribution >= 4 is 5.91 Å². The number of carbonyl (C=O) groups excluding carboxylic acids is 1. The van der Waals surface area contributed by atoms with Gasteiger partial charge in [0.25, 0.3) is 5.91 Å². The lowest BCUT2D eigenvalue weighted by Crippen LogP contribution is -2.42. The Bertz CT molecular complexity index is 495. The lowest BCUT2D eigenvalue weighted by atomic mass is 9.97. The summed E-state index contributed by atoms with van der Waals surface area (Å²) in [6.07, 6.45) is 5.11. The van der Waals surface area contributed by atoms with Gasteiger partial charge >= 0.3 is 0 Å². The zero-order chi connectivity index (χ0) is 15.9. The number of methoxy groups -OCH3 is 1. The smallest absolute Gasteiger partial charge is 0.255 e. The molecule has 1 aliphatic heterocycles. The number of aromatic hydroxyl groups is 1. The Hall–Kier alpha value is -1.66. The van der Waals surface area contributed by atoms with E-state index in [2.05, 4.69) is 9.88 Å². The summed E-state index contributed by atoms with van der Waals surface area (Å²) in [5.41, 5.74) is 0.426. The first-order valence-corrected chi connectivity index (χ1v) is 7.71. The Balaban J connectivity index is 1.88. The summed E-state index contributed by atoms with van der Waals surface area (Å²) >= 11 is 0. The van der Waals surface area contributed by atoms with E-state index in [9.17, 15) is 9.90 Å². The molecule has 6 heteroatoms. The Morgan fingerprint density at radius 3 is 3.09 bits per heavy atom. The number of piperidine rings is 1. The van der Waals surface area contributed by atoms with Crippen LogP contribution >= 0.6 is 0 Å². The molecule has 1 aromatic rings. The fourth-order valence-corrected chi connectivity index (χ4v) is 2.96. The molecule has 1 saturated heterocycles. The average Bonchev–Trinajstić information content (AvgIpc) is 2.52. The Morgan fingerprint density at radius 2 is 2.36 bits per heavy atom. The van der Waals surface area contributed by atoms with Crippen molar-refractivity contribution in [2.45, 2.75) is 12.8 Å². The maximum atomic E-state index is 12.4. The van der Waals surface area contributed by atoms with Crippen LogP contribution in [0.25, 0.3) is 0 Å². The first-order valence-electron chi connectivity index (χ1n) is 7.71. The summed E-state index contributed by atoms with van der Waals surface area (Å²) in [5, 5.41) is 9.43. The molecule has 1 unspecified atom stereocenters. The molecule has 1 aromatic heterocycles. The lowest BCUT2D eigenvalue weighted by molar-refractivity contribution is 0.0702. The van der Waals surface area contributed by atoms with Crippen LogP contribution in [0, 0.1) is 5.92 Å². The zero-order valence-electron chi connectivity index (χ0n) is 13.4. The SMILES string of the molecule is COCCN1CCCC(CN(C)C(=O)c2cncc(O)c2)C1. The highest BCUT2D eigenvalue weighted by Gasteiger charge is 2.23. The number of amides is 1. The van der Waals surface area contributed by atoms with E-state index >= 15 is 0 Å². The minimum Gasteiger partial charge on any atom is -0.506 e. The van der Waals surface area contributed by atoms with E-state index in [0.29, 0.717) is 11.5 Å². The number of pyridine rings is 1. The summed E-state index contributed by atoms with van der Waals surface area (Å²) in [5.74, 6) is 0.393. The largest absolute Gasteiger partial charge is 0.506 e. The number of likely N-dealkylation sites (tertiary alicyclic amines) is 1. The van der Waals surface area contributed by atoms with Gasteiger partial charge in [0.2, 0.25) is 0 Å². The number of rotatable bonds is 6. The second-order valence-corrected chi connectivity index (χ2v) is 5.92. The van der Waals surface area contributed by atoms with Crippen molar-refractivity contribution in [3.63, 3.8) is 0 Å². The topological polar surface area (TPSA) is 65.9 Å². The molecule has 0 saturated carbocycles. The van der Waals surface area contributed by atoms with Crippen LogP contribution in [0.5, 0.6) is 5.75 Å². The highest BCUT2D eigenvalue weighted by atomic mass is 16.5. The summed E-state index contributed by atoms with van der Waals surface area (Å²) in [6.45, 7) is 4.52. The molecule has 22 heavy (non-hydrogen) atoms. The monoisotopic (exact) mass is 307 g/mol. The molecule has 6 nitrogen and oxygen atoms in total. The molecule has 1 atom stereocenters. The quantitative estimate of drug-likeness (QED) is 0.856. The molecule has 0 spiro atoms. The van der Waals surface area contributed by atoms with E-state index in [1.54, 1.807) is 19.1 Å². The molecule has 1 aliphatic rings. The number of aromatic nitrogens is 1. The Labute approximate surface area is 131 Å². The predicted molar refractivity (Wildman–Crippen MR) is 83.9 cm³/mol. The summed E-state index contributed by atoms with van der Waals surface area (Å²) < 4.78 is 5.13. The number of nitrogens with zero attached hydrogens (tertiary/aromatic N) is 3. The third-order valence-corrected chi connectivity index (χ3v) is 4.06. The van der Waals surface area contributed by atoms with Crippen LogP contribution in [0.2, 0.25) is 0 Å². The molecule has 0 bridgehead atoms. The summed E-state index contributed by atoms with van der Waals surface area (Å²) in [4.78, 5) is 20.3. The van der Waals surface area contributed by atoms with E-state index in [4.69, 9.17) is 4.74 Å². The first-order chi connectivity index (χ1) is 10.6. The molecule has 1 fully saturated rings. The Morgan fingerprint density at radius 1 is 1.55 bits per heavy atom. The molecule has 2 heterocycles. The first kappa shape index (κ1) is 16.7. The maximum absolute atomic E-state index is 12.4. The van der Waals surface area contributed by atoms with Gasteiger partial charge < -0.3 is 19.6 Å². The van der Waals surface area contributed by atoms with Gasteiger partial charge in [0.1, 0.15) is 5.75 Å². The number of ether oxygens (including phenoxy) is 1. The number of hydrogen-bond donors (Lipinski definition) is 1. The van der Waals surface area contributed by atoms with E-state index in [0.717, 1.165) is 45.6 Å². The molecule has 122 valence electrons. The molecule has 0 aliphatic carbocycles. The normalized spacial score (nSPS) is 19.1. The molecule has 0 aromatic carbocycles. The van der Waals surface area contributed by atoms with E-state index in [1.165, 1.54) is 18.5 Å². The highest BCUT2D eigenvalue weighted by molar-refractivity contribution is 5.94. The van der Waals surface area contributed by atoms with Crippen LogP contribution in [-0.4, -0.2) is 72.7 Å². The summed E-state index contributed by atoms with van der Waals surface area (Å²) in [6, 6.07) is 1.46. The standard InChI is InChI=1S/C16H25N3O3/c1-18(16(21)14-8-15(20)10-17-9-14)11-13-4-3-5-19(12-13)6-7-22-2/h8-10,13,20H,3-7,11-12H2,1-2H3. The Kier molecular flexibility index (Phi) is 6.15. The van der Waals surface area contributed by atoms with Gasteiger partial charge in [-0.3, -0.25) is 9.78 Å². The predicted octanol–water partition coefficient (Wildman–Crippen LogP) is 1.22. The van der Waals surface area contributed by atoms with Crippen molar-refractivity contribution in [2.24, 2.45) is 5.92 Å². The van der Waals surface area contributed by atoms with Crippen LogP contribution in [0.15, 0.2) is 18.5 Å². The van der Waals surface area contributed by atoms with Crippen molar-refractivity contribution in [2.75, 3.05) is 46.9 Å². The fourth-order valence-electron chi connectivity index (χ4n) is 2.96. The zero-order valence-corrected chi connectivity index (χ0v) is 13.4. The second kappa shape index (κ2) is 8.10. The van der Waals surface area contributed by atoms with Gasteiger partial charge in [-0.2, -0.15) is 0 Å². The van der Waals surface area contributed by atoms with Gasteiger partial charge in [0, 0.05) is 40.0 Å². The average molecular weight is 307 g/mol. The van der Waals surface area contributed by atoms with Crippen LogP contribution in [0.1, 0.15) is 23.2 Å². The van der Waals surface area contributed by atoms with E-state index in [1.807, 2.05) is 0 Å². The van der Waals surface area contributed by atoms with Crippen LogP contribution in [0.4, 0.5) is 0 Å². The second-order valence-electron chi connectivity index (χ2n) is 5.92. The summed E-state index contributed by atoms with van der Waals surface area (Å²) in [7, 11) is 3.53. The molecular weight excluding hydrogens is 282 g/mol. The van der Waals surface area contributed by atoms with Gasteiger partial charge in [0.15, 0.2) is 0 Å². The highest BCUT2D eigenvalue weighted by Crippen LogP contribution is 2.18. The minimum absolute atomic E-state index is 0.0163. The molecule has 2 rings (SSSR count). The third kappa shape index (κ3) is 4.68. The van der Waals surface area contributed by atoms with Gasteiger partial charge in [-0.25, -0.2) is 0 Å². The van der Waals surface area contributed by atoms with Gasteiger partial charge in [-0.15, -0.1) is 0 Å². The van der Waals surface area contributed by atoms with Crippen molar-refractivity contribution in [1.82, 2.24) is 14.8 Å². The van der Waals surface area contributed by atoms with E-state index in [-0.39, 0.29) is 11.7 Å². The van der Waals surface area contributed by atoms with Crippen molar-refractivity contribution in [3.8, 4) is 5.75 Å². The van der Waals surface area contributed by atoms with Crippen molar-refractivity contribution in [1.29, 1.82) is 0 Å².